The highest BCUT2D eigenvalue weighted by Gasteiger charge is 2.30. The van der Waals surface area contributed by atoms with Crippen molar-refractivity contribution < 1.29 is 9.47 Å². The van der Waals surface area contributed by atoms with Gasteiger partial charge in [0.25, 0.3) is 0 Å². The van der Waals surface area contributed by atoms with Crippen LogP contribution in [0.5, 0.6) is 11.5 Å². The SMILES string of the molecule is C.C=C(C)Oc1c(C)c2c(c3ccccc13)OC(C)(C)CC2. The Kier molecular flexibility index (Phi) is 4.23. The molecule has 0 unspecified atom stereocenters. The largest absolute Gasteiger partial charge is 0.487 e. The zero-order chi connectivity index (χ0) is 15.2. The van der Waals surface area contributed by atoms with Gasteiger partial charge in [-0.25, -0.2) is 0 Å². The Labute approximate surface area is 133 Å². The average Bonchev–Trinajstić information content (AvgIpc) is 2.42. The zero-order valence-corrected chi connectivity index (χ0v) is 13.2. The van der Waals surface area contributed by atoms with E-state index in [4.69, 9.17) is 9.47 Å². The summed E-state index contributed by atoms with van der Waals surface area (Å²) in [5, 5.41) is 2.22. The standard InChI is InChI=1S/C19H22O2.CH4/c1-12(2)20-17-13(3)14-10-11-19(4,5)21-18(14)16-9-7-6-8-15(16)17;/h6-9H,1,10-11H2,2-5H3;1H4. The molecule has 2 aromatic rings. The summed E-state index contributed by atoms with van der Waals surface area (Å²) in [7, 11) is 0. The molecule has 0 radical (unpaired) electrons. The maximum Gasteiger partial charge on any atom is 0.138 e. The number of ether oxygens (including phenoxy) is 2. The molecule has 1 heterocycles. The molecule has 0 atom stereocenters. The fourth-order valence-corrected chi connectivity index (χ4v) is 3.03. The Morgan fingerprint density at radius 1 is 1.23 bits per heavy atom. The van der Waals surface area contributed by atoms with Crippen LogP contribution in [0.15, 0.2) is 36.6 Å². The van der Waals surface area contributed by atoms with E-state index in [2.05, 4.69) is 39.5 Å². The van der Waals surface area contributed by atoms with Crippen LogP contribution in [-0.4, -0.2) is 5.60 Å². The van der Waals surface area contributed by atoms with Crippen LogP contribution in [0.2, 0.25) is 0 Å². The smallest absolute Gasteiger partial charge is 0.138 e. The van der Waals surface area contributed by atoms with E-state index in [0.717, 1.165) is 35.1 Å². The number of hydrogen-bond acceptors (Lipinski definition) is 2. The highest BCUT2D eigenvalue weighted by atomic mass is 16.5. The predicted molar refractivity (Wildman–Crippen MR) is 93.9 cm³/mol. The highest BCUT2D eigenvalue weighted by Crippen LogP contribution is 2.45. The Morgan fingerprint density at radius 2 is 1.86 bits per heavy atom. The predicted octanol–water partition coefficient (Wildman–Crippen LogP) is 5.80. The minimum Gasteiger partial charge on any atom is -0.487 e. The lowest BCUT2D eigenvalue weighted by molar-refractivity contribution is 0.0865. The molecule has 3 rings (SSSR count). The lowest BCUT2D eigenvalue weighted by Gasteiger charge is -2.35. The van der Waals surface area contributed by atoms with Crippen LogP contribution in [0.3, 0.4) is 0 Å². The van der Waals surface area contributed by atoms with Crippen molar-refractivity contribution >= 4 is 10.8 Å². The van der Waals surface area contributed by atoms with Crippen molar-refractivity contribution in [3.63, 3.8) is 0 Å². The summed E-state index contributed by atoms with van der Waals surface area (Å²) in [6.45, 7) is 12.2. The first-order valence-electron chi connectivity index (χ1n) is 7.45. The van der Waals surface area contributed by atoms with E-state index in [1.165, 1.54) is 11.1 Å². The average molecular weight is 298 g/mol. The molecule has 1 aliphatic rings. The van der Waals surface area contributed by atoms with Gasteiger partial charge in [0.1, 0.15) is 17.1 Å². The van der Waals surface area contributed by atoms with Crippen LogP contribution in [0.25, 0.3) is 10.8 Å². The van der Waals surface area contributed by atoms with Crippen LogP contribution < -0.4 is 9.47 Å². The Balaban J connectivity index is 0.00000176. The number of hydrogen-bond donors (Lipinski definition) is 0. The van der Waals surface area contributed by atoms with Gasteiger partial charge < -0.3 is 9.47 Å². The van der Waals surface area contributed by atoms with Gasteiger partial charge in [0.15, 0.2) is 0 Å². The first kappa shape index (κ1) is 16.4. The Hall–Kier alpha value is -1.96. The van der Waals surface area contributed by atoms with Crippen molar-refractivity contribution in [1.82, 2.24) is 0 Å². The van der Waals surface area contributed by atoms with E-state index in [-0.39, 0.29) is 13.0 Å². The summed E-state index contributed by atoms with van der Waals surface area (Å²) in [5.74, 6) is 2.65. The number of rotatable bonds is 2. The molecule has 2 nitrogen and oxygen atoms in total. The molecule has 0 saturated carbocycles. The molecule has 0 aromatic heterocycles. The molecule has 2 aromatic carbocycles. The van der Waals surface area contributed by atoms with Gasteiger partial charge in [0.2, 0.25) is 0 Å². The van der Waals surface area contributed by atoms with Crippen molar-refractivity contribution in [2.75, 3.05) is 0 Å². The summed E-state index contributed by atoms with van der Waals surface area (Å²) in [5.41, 5.74) is 2.32. The van der Waals surface area contributed by atoms with E-state index >= 15 is 0 Å². The Bertz CT molecular complexity index is 726. The molecule has 2 heteroatoms. The number of benzene rings is 2. The second-order valence-corrected chi connectivity index (χ2v) is 6.47. The van der Waals surface area contributed by atoms with Crippen molar-refractivity contribution in [1.29, 1.82) is 0 Å². The monoisotopic (exact) mass is 298 g/mol. The summed E-state index contributed by atoms with van der Waals surface area (Å²) in [6.07, 6.45) is 2.04. The van der Waals surface area contributed by atoms with Gasteiger partial charge in [0.05, 0.1) is 5.76 Å². The molecule has 1 aliphatic heterocycles. The van der Waals surface area contributed by atoms with E-state index in [1.807, 2.05) is 19.1 Å². The summed E-state index contributed by atoms with van der Waals surface area (Å²) < 4.78 is 12.2. The molecule has 0 fully saturated rings. The van der Waals surface area contributed by atoms with Crippen molar-refractivity contribution in [3.8, 4) is 11.5 Å². The van der Waals surface area contributed by atoms with Gasteiger partial charge in [-0.1, -0.05) is 38.3 Å². The fraction of sp³-hybridized carbons (Fsp3) is 0.400. The third kappa shape index (κ3) is 2.70. The van der Waals surface area contributed by atoms with Crippen molar-refractivity contribution in [3.05, 3.63) is 47.7 Å². The summed E-state index contributed by atoms with van der Waals surface area (Å²) in [6, 6.07) is 8.28. The second-order valence-electron chi connectivity index (χ2n) is 6.47. The van der Waals surface area contributed by atoms with Gasteiger partial charge >= 0.3 is 0 Å². The Morgan fingerprint density at radius 3 is 2.50 bits per heavy atom. The fourth-order valence-electron chi connectivity index (χ4n) is 3.03. The maximum atomic E-state index is 6.30. The van der Waals surface area contributed by atoms with Gasteiger partial charge in [-0.3, -0.25) is 0 Å². The third-order valence-electron chi connectivity index (χ3n) is 4.12. The van der Waals surface area contributed by atoms with Crippen molar-refractivity contribution in [2.45, 2.75) is 53.6 Å². The molecule has 0 saturated heterocycles. The van der Waals surface area contributed by atoms with Crippen LogP contribution in [0.4, 0.5) is 0 Å². The highest BCUT2D eigenvalue weighted by molar-refractivity contribution is 5.96. The van der Waals surface area contributed by atoms with Gasteiger partial charge in [0, 0.05) is 16.3 Å². The molecule has 0 amide bonds. The summed E-state index contributed by atoms with van der Waals surface area (Å²) >= 11 is 0. The number of fused-ring (bicyclic) bond motifs is 3. The second kappa shape index (κ2) is 5.68. The molecular weight excluding hydrogens is 272 g/mol. The van der Waals surface area contributed by atoms with Gasteiger partial charge in [-0.15, -0.1) is 0 Å². The molecule has 0 spiro atoms. The molecular formula is C20H26O2. The van der Waals surface area contributed by atoms with Crippen LogP contribution in [-0.2, 0) is 6.42 Å². The van der Waals surface area contributed by atoms with Crippen molar-refractivity contribution in [2.24, 2.45) is 0 Å². The van der Waals surface area contributed by atoms with Crippen LogP contribution >= 0.6 is 0 Å². The minimum atomic E-state index is -0.112. The van der Waals surface area contributed by atoms with Crippen LogP contribution in [0.1, 0.15) is 45.7 Å². The van der Waals surface area contributed by atoms with Gasteiger partial charge in [-0.05, 0) is 46.1 Å². The van der Waals surface area contributed by atoms with E-state index in [9.17, 15) is 0 Å². The molecule has 0 N–H and O–H groups in total. The van der Waals surface area contributed by atoms with Crippen LogP contribution in [0, 0.1) is 6.92 Å². The number of allylic oxidation sites excluding steroid dienone is 1. The first-order chi connectivity index (χ1) is 9.89. The summed E-state index contributed by atoms with van der Waals surface area (Å²) in [4.78, 5) is 0. The normalized spacial score (nSPS) is 15.5. The zero-order valence-electron chi connectivity index (χ0n) is 13.2. The lowest BCUT2D eigenvalue weighted by atomic mass is 9.89. The molecule has 118 valence electrons. The molecule has 22 heavy (non-hydrogen) atoms. The topological polar surface area (TPSA) is 18.5 Å². The minimum absolute atomic E-state index is 0. The van der Waals surface area contributed by atoms with E-state index in [1.54, 1.807) is 0 Å². The first-order valence-corrected chi connectivity index (χ1v) is 7.45. The van der Waals surface area contributed by atoms with E-state index in [0.29, 0.717) is 5.76 Å². The lowest BCUT2D eigenvalue weighted by Crippen LogP contribution is -2.33. The maximum absolute atomic E-state index is 6.30. The van der Waals surface area contributed by atoms with Gasteiger partial charge in [-0.2, -0.15) is 0 Å². The molecule has 0 aliphatic carbocycles. The third-order valence-corrected chi connectivity index (χ3v) is 4.12. The molecule has 0 bridgehead atoms. The quantitative estimate of drug-likeness (QED) is 0.652. The van der Waals surface area contributed by atoms with E-state index < -0.39 is 0 Å².